The third-order valence-electron chi connectivity index (χ3n) is 1.98. The minimum Gasteiger partial charge on any atom is -0.349 e. The maximum Gasteiger partial charge on any atom is 0.177 e. The molecular weight excluding hydrogens is 148 g/mol. The van der Waals surface area contributed by atoms with Crippen LogP contribution in [0.25, 0.3) is 0 Å². The summed E-state index contributed by atoms with van der Waals surface area (Å²) in [5, 5.41) is 0. The van der Waals surface area contributed by atoms with Crippen molar-refractivity contribution < 1.29 is 9.47 Å². The van der Waals surface area contributed by atoms with Crippen molar-refractivity contribution >= 4 is 11.8 Å². The van der Waals surface area contributed by atoms with Crippen molar-refractivity contribution in [2.75, 3.05) is 24.7 Å². The Bertz CT molecular complexity index is 113. The van der Waals surface area contributed by atoms with Gasteiger partial charge in [-0.1, -0.05) is 0 Å². The third-order valence-corrected chi connectivity index (χ3v) is 3.08. The molecule has 2 fully saturated rings. The van der Waals surface area contributed by atoms with Gasteiger partial charge in [-0.15, -0.1) is 0 Å². The minimum absolute atomic E-state index is 0.164. The van der Waals surface area contributed by atoms with Gasteiger partial charge in [0.2, 0.25) is 0 Å². The van der Waals surface area contributed by atoms with Gasteiger partial charge in [-0.25, -0.2) is 0 Å². The molecule has 0 saturated carbocycles. The van der Waals surface area contributed by atoms with E-state index in [4.69, 9.17) is 9.47 Å². The van der Waals surface area contributed by atoms with Crippen molar-refractivity contribution in [2.24, 2.45) is 0 Å². The predicted octanol–water partition coefficient (Wildman–Crippen LogP) is 1.26. The Balaban J connectivity index is 1.98. The van der Waals surface area contributed by atoms with Gasteiger partial charge in [0, 0.05) is 17.9 Å². The summed E-state index contributed by atoms with van der Waals surface area (Å²) < 4.78 is 11.1. The highest BCUT2D eigenvalue weighted by Gasteiger charge is 2.37. The molecule has 3 heteroatoms. The van der Waals surface area contributed by atoms with E-state index in [9.17, 15) is 0 Å². The van der Waals surface area contributed by atoms with E-state index in [0.29, 0.717) is 0 Å². The molecule has 10 heavy (non-hydrogen) atoms. The standard InChI is InChI=1S/C7H12O2S/c1-2-7(8-3-1)6-10-5-4-9-7/h1-6H2. The van der Waals surface area contributed by atoms with Gasteiger partial charge >= 0.3 is 0 Å². The van der Waals surface area contributed by atoms with Crippen LogP contribution in [0.15, 0.2) is 0 Å². The maximum absolute atomic E-state index is 5.58. The molecule has 0 aromatic rings. The van der Waals surface area contributed by atoms with Gasteiger partial charge in [0.15, 0.2) is 5.79 Å². The molecule has 0 radical (unpaired) electrons. The highest BCUT2D eigenvalue weighted by Crippen LogP contribution is 2.33. The van der Waals surface area contributed by atoms with Crippen LogP contribution < -0.4 is 0 Å². The molecule has 0 amide bonds. The average Bonchev–Trinajstić information content (AvgIpc) is 2.39. The molecule has 2 nitrogen and oxygen atoms in total. The van der Waals surface area contributed by atoms with E-state index in [0.717, 1.165) is 31.1 Å². The van der Waals surface area contributed by atoms with Crippen LogP contribution in [0.1, 0.15) is 12.8 Å². The van der Waals surface area contributed by atoms with Crippen LogP contribution in [0.5, 0.6) is 0 Å². The number of thioether (sulfide) groups is 1. The zero-order valence-corrected chi connectivity index (χ0v) is 6.78. The van der Waals surface area contributed by atoms with Crippen molar-refractivity contribution in [1.29, 1.82) is 0 Å². The SMILES string of the molecule is C1COC2(C1)CSCCO2. The molecule has 0 bridgehead atoms. The lowest BCUT2D eigenvalue weighted by Crippen LogP contribution is -2.38. The molecule has 1 atom stereocenters. The second-order valence-corrected chi connectivity index (χ2v) is 3.87. The summed E-state index contributed by atoms with van der Waals surface area (Å²) in [7, 11) is 0. The molecule has 0 N–H and O–H groups in total. The number of ether oxygens (including phenoxy) is 2. The lowest BCUT2D eigenvalue weighted by atomic mass is 10.2. The molecule has 2 aliphatic rings. The van der Waals surface area contributed by atoms with Gasteiger partial charge in [-0.05, 0) is 6.42 Å². The van der Waals surface area contributed by atoms with Crippen LogP contribution in [-0.4, -0.2) is 30.5 Å². The first-order chi connectivity index (χ1) is 4.91. The number of hydrogen-bond acceptors (Lipinski definition) is 3. The minimum atomic E-state index is -0.164. The predicted molar refractivity (Wildman–Crippen MR) is 41.2 cm³/mol. The van der Waals surface area contributed by atoms with E-state index in [-0.39, 0.29) is 5.79 Å². The molecule has 0 aromatic heterocycles. The normalized spacial score (nSPS) is 40.8. The third kappa shape index (κ3) is 1.18. The highest BCUT2D eigenvalue weighted by molar-refractivity contribution is 7.99. The molecule has 58 valence electrons. The quantitative estimate of drug-likeness (QED) is 0.531. The lowest BCUT2D eigenvalue weighted by Gasteiger charge is -2.31. The smallest absolute Gasteiger partial charge is 0.177 e. The lowest BCUT2D eigenvalue weighted by molar-refractivity contribution is -0.193. The molecule has 2 heterocycles. The summed E-state index contributed by atoms with van der Waals surface area (Å²) in [6.45, 7) is 1.76. The monoisotopic (exact) mass is 160 g/mol. The average molecular weight is 160 g/mol. The molecule has 0 aromatic carbocycles. The summed E-state index contributed by atoms with van der Waals surface area (Å²) in [6.07, 6.45) is 2.26. The van der Waals surface area contributed by atoms with Gasteiger partial charge in [0.25, 0.3) is 0 Å². The van der Waals surface area contributed by atoms with Crippen LogP contribution in [0.2, 0.25) is 0 Å². The second-order valence-electron chi connectivity index (χ2n) is 2.76. The molecular formula is C7H12O2S. The van der Waals surface area contributed by atoms with Crippen LogP contribution in [0, 0.1) is 0 Å². The van der Waals surface area contributed by atoms with Crippen molar-refractivity contribution in [3.63, 3.8) is 0 Å². The van der Waals surface area contributed by atoms with Gasteiger partial charge in [-0.3, -0.25) is 0 Å². The van der Waals surface area contributed by atoms with Gasteiger partial charge in [0.05, 0.1) is 13.2 Å². The Labute approximate surface area is 65.3 Å². The van der Waals surface area contributed by atoms with Gasteiger partial charge < -0.3 is 9.47 Å². The van der Waals surface area contributed by atoms with E-state index in [1.54, 1.807) is 0 Å². The first-order valence-electron chi connectivity index (χ1n) is 3.77. The highest BCUT2D eigenvalue weighted by atomic mass is 32.2. The van der Waals surface area contributed by atoms with Crippen molar-refractivity contribution in [3.05, 3.63) is 0 Å². The van der Waals surface area contributed by atoms with Crippen LogP contribution in [-0.2, 0) is 9.47 Å². The molecule has 0 aliphatic carbocycles. The van der Waals surface area contributed by atoms with Crippen LogP contribution in [0.3, 0.4) is 0 Å². The Hall–Kier alpha value is 0.270. The zero-order valence-electron chi connectivity index (χ0n) is 5.97. The van der Waals surface area contributed by atoms with Crippen molar-refractivity contribution in [2.45, 2.75) is 18.6 Å². The molecule has 1 spiro atoms. The van der Waals surface area contributed by atoms with E-state index in [2.05, 4.69) is 0 Å². The molecule has 2 aliphatic heterocycles. The van der Waals surface area contributed by atoms with Crippen LogP contribution in [0.4, 0.5) is 0 Å². The summed E-state index contributed by atoms with van der Waals surface area (Å²) >= 11 is 1.94. The summed E-state index contributed by atoms with van der Waals surface area (Å²) in [5.41, 5.74) is 0. The Morgan fingerprint density at radius 2 is 2.10 bits per heavy atom. The number of hydrogen-bond donors (Lipinski definition) is 0. The van der Waals surface area contributed by atoms with E-state index in [1.807, 2.05) is 11.8 Å². The molecule has 1 unspecified atom stereocenters. The Morgan fingerprint density at radius 3 is 2.70 bits per heavy atom. The molecule has 2 rings (SSSR count). The van der Waals surface area contributed by atoms with E-state index < -0.39 is 0 Å². The summed E-state index contributed by atoms with van der Waals surface area (Å²) in [6, 6.07) is 0. The maximum atomic E-state index is 5.58. The second kappa shape index (κ2) is 2.72. The fraction of sp³-hybridized carbons (Fsp3) is 1.00. The van der Waals surface area contributed by atoms with Crippen LogP contribution >= 0.6 is 11.8 Å². The van der Waals surface area contributed by atoms with Gasteiger partial charge in [0.1, 0.15) is 0 Å². The zero-order chi connectivity index (χ0) is 6.86. The number of rotatable bonds is 0. The molecule has 2 saturated heterocycles. The first kappa shape index (κ1) is 6.95. The van der Waals surface area contributed by atoms with E-state index in [1.165, 1.54) is 6.42 Å². The van der Waals surface area contributed by atoms with Crippen molar-refractivity contribution in [3.8, 4) is 0 Å². The fourth-order valence-electron chi connectivity index (χ4n) is 1.46. The largest absolute Gasteiger partial charge is 0.349 e. The summed E-state index contributed by atoms with van der Waals surface area (Å²) in [5.74, 6) is 2.00. The van der Waals surface area contributed by atoms with E-state index >= 15 is 0 Å². The summed E-state index contributed by atoms with van der Waals surface area (Å²) in [4.78, 5) is 0. The Kier molecular flexibility index (Phi) is 1.89. The fourth-order valence-corrected chi connectivity index (χ4v) is 2.42. The van der Waals surface area contributed by atoms with Crippen molar-refractivity contribution in [1.82, 2.24) is 0 Å². The van der Waals surface area contributed by atoms with Gasteiger partial charge in [-0.2, -0.15) is 11.8 Å². The Morgan fingerprint density at radius 1 is 1.20 bits per heavy atom. The topological polar surface area (TPSA) is 18.5 Å². The first-order valence-corrected chi connectivity index (χ1v) is 4.92.